The van der Waals surface area contributed by atoms with Crippen molar-refractivity contribution in [3.05, 3.63) is 29.3 Å². The number of aromatic hydroxyl groups is 1. The van der Waals surface area contributed by atoms with Crippen molar-refractivity contribution in [2.24, 2.45) is 0 Å². The fourth-order valence-corrected chi connectivity index (χ4v) is 0.587. The van der Waals surface area contributed by atoms with Gasteiger partial charge in [-0.1, -0.05) is 23.7 Å². The van der Waals surface area contributed by atoms with Crippen LogP contribution in [0, 0.1) is 0 Å². The molecule has 0 saturated carbocycles. The SMILES string of the molecule is CC(C)=O.Oc1ccccc1Cl. The first-order valence-corrected chi connectivity index (χ1v) is 3.82. The van der Waals surface area contributed by atoms with E-state index in [4.69, 9.17) is 16.7 Å². The molecule has 66 valence electrons. The summed E-state index contributed by atoms with van der Waals surface area (Å²) in [5, 5.41) is 9.18. The maximum atomic E-state index is 9.44. The molecule has 1 rings (SSSR count). The molecule has 3 heteroatoms. The van der Waals surface area contributed by atoms with Crippen LogP contribution < -0.4 is 0 Å². The molecule has 2 nitrogen and oxygen atoms in total. The second kappa shape index (κ2) is 5.61. The average Bonchev–Trinajstić information content (AvgIpc) is 1.94. The van der Waals surface area contributed by atoms with Crippen LogP contribution in [-0.4, -0.2) is 10.9 Å². The molecule has 1 N–H and O–H groups in total. The minimum Gasteiger partial charge on any atom is -0.506 e. The Kier molecular flexibility index (Phi) is 5.13. The standard InChI is InChI=1S/C6H5ClO.C3H6O/c7-5-3-1-2-4-6(5)8;1-3(2)4/h1-4,8H;1-2H3. The van der Waals surface area contributed by atoms with E-state index in [-0.39, 0.29) is 11.5 Å². The number of phenolic OH excluding ortho intramolecular Hbond substituents is 1. The van der Waals surface area contributed by atoms with Crippen molar-refractivity contribution in [1.82, 2.24) is 0 Å². The molecular weight excluding hydrogens is 176 g/mol. The number of benzene rings is 1. The monoisotopic (exact) mass is 186 g/mol. The van der Waals surface area contributed by atoms with Gasteiger partial charge in [0.2, 0.25) is 0 Å². The first-order valence-electron chi connectivity index (χ1n) is 3.44. The first kappa shape index (κ1) is 11.0. The van der Waals surface area contributed by atoms with Crippen LogP contribution in [-0.2, 0) is 4.79 Å². The van der Waals surface area contributed by atoms with Gasteiger partial charge in [-0.15, -0.1) is 0 Å². The van der Waals surface area contributed by atoms with E-state index < -0.39 is 0 Å². The van der Waals surface area contributed by atoms with Crippen LogP contribution in [0.15, 0.2) is 24.3 Å². The summed E-state index contributed by atoms with van der Waals surface area (Å²) in [5.41, 5.74) is 0. The molecule has 0 fully saturated rings. The minimum atomic E-state index is 0.133. The number of para-hydroxylation sites is 1. The van der Waals surface area contributed by atoms with E-state index >= 15 is 0 Å². The number of Topliss-reactive ketones (excluding diaryl/α,β-unsaturated/α-hetero) is 1. The molecule has 0 unspecified atom stereocenters. The molecule has 0 aromatic heterocycles. The summed E-state index contributed by atoms with van der Waals surface area (Å²) < 4.78 is 0. The number of rotatable bonds is 0. The highest BCUT2D eigenvalue weighted by Crippen LogP contribution is 2.20. The number of ketones is 1. The van der Waals surface area contributed by atoms with Crippen LogP contribution in [0.25, 0.3) is 0 Å². The highest BCUT2D eigenvalue weighted by atomic mass is 35.5. The minimum absolute atomic E-state index is 0.133. The van der Waals surface area contributed by atoms with Crippen molar-refractivity contribution in [2.45, 2.75) is 13.8 Å². The maximum Gasteiger partial charge on any atom is 0.134 e. The molecule has 12 heavy (non-hydrogen) atoms. The lowest BCUT2D eigenvalue weighted by atomic mass is 10.3. The highest BCUT2D eigenvalue weighted by molar-refractivity contribution is 6.31. The highest BCUT2D eigenvalue weighted by Gasteiger charge is 1.89. The molecule has 0 amide bonds. The normalized spacial score (nSPS) is 8.25. The summed E-state index contributed by atoms with van der Waals surface area (Å²) in [7, 11) is 0. The smallest absolute Gasteiger partial charge is 0.134 e. The molecule has 0 aliphatic rings. The fourth-order valence-electron chi connectivity index (χ4n) is 0.452. The van der Waals surface area contributed by atoms with E-state index in [1.807, 2.05) is 0 Å². The summed E-state index contributed by atoms with van der Waals surface area (Å²) in [6.45, 7) is 3.06. The number of hydrogen-bond acceptors (Lipinski definition) is 2. The summed E-state index contributed by atoms with van der Waals surface area (Å²) >= 11 is 5.46. The van der Waals surface area contributed by atoms with E-state index in [1.54, 1.807) is 24.3 Å². The number of carbonyl (C=O) groups excluding carboxylic acids is 1. The summed E-state index contributed by atoms with van der Waals surface area (Å²) in [6.07, 6.45) is 0. The van der Waals surface area contributed by atoms with Gasteiger partial charge in [-0.25, -0.2) is 0 Å². The molecule has 0 bridgehead atoms. The van der Waals surface area contributed by atoms with E-state index in [9.17, 15) is 4.79 Å². The molecule has 0 radical (unpaired) electrons. The number of phenols is 1. The fraction of sp³-hybridized carbons (Fsp3) is 0.222. The third kappa shape index (κ3) is 5.74. The Balaban J connectivity index is 0.000000261. The van der Waals surface area contributed by atoms with Crippen molar-refractivity contribution in [2.75, 3.05) is 0 Å². The Labute approximate surface area is 76.8 Å². The summed E-state index contributed by atoms with van der Waals surface area (Å²) in [5.74, 6) is 0.300. The van der Waals surface area contributed by atoms with Gasteiger partial charge < -0.3 is 9.90 Å². The Bertz CT molecular complexity index is 233. The second-order valence-electron chi connectivity index (χ2n) is 2.36. The van der Waals surface area contributed by atoms with Gasteiger partial charge in [0.05, 0.1) is 5.02 Å². The number of halogens is 1. The van der Waals surface area contributed by atoms with Gasteiger partial charge in [-0.05, 0) is 26.0 Å². The van der Waals surface area contributed by atoms with Gasteiger partial charge in [0.1, 0.15) is 11.5 Å². The first-order chi connectivity index (χ1) is 5.54. The number of hydrogen-bond donors (Lipinski definition) is 1. The number of carbonyl (C=O) groups is 1. The van der Waals surface area contributed by atoms with Crippen LogP contribution in [0.3, 0.4) is 0 Å². The average molecular weight is 187 g/mol. The van der Waals surface area contributed by atoms with Crippen LogP contribution in [0.4, 0.5) is 0 Å². The lowest BCUT2D eigenvalue weighted by molar-refractivity contribution is -0.114. The van der Waals surface area contributed by atoms with E-state index in [1.165, 1.54) is 13.8 Å². The Hall–Kier alpha value is -1.02. The van der Waals surface area contributed by atoms with Crippen LogP contribution in [0.5, 0.6) is 5.75 Å². The predicted octanol–water partition coefficient (Wildman–Crippen LogP) is 2.64. The zero-order chi connectivity index (χ0) is 9.56. The third-order valence-corrected chi connectivity index (χ3v) is 1.17. The van der Waals surface area contributed by atoms with E-state index in [0.29, 0.717) is 5.02 Å². The van der Waals surface area contributed by atoms with Gasteiger partial charge >= 0.3 is 0 Å². The topological polar surface area (TPSA) is 37.3 Å². The van der Waals surface area contributed by atoms with Crippen molar-refractivity contribution in [3.63, 3.8) is 0 Å². The maximum absolute atomic E-state index is 9.44. The lowest BCUT2D eigenvalue weighted by Crippen LogP contribution is -1.69. The molecule has 1 aromatic rings. The van der Waals surface area contributed by atoms with Gasteiger partial charge in [0.15, 0.2) is 0 Å². The summed E-state index contributed by atoms with van der Waals surface area (Å²) in [4.78, 5) is 9.44. The van der Waals surface area contributed by atoms with Crippen LogP contribution in [0.2, 0.25) is 5.02 Å². The molecule has 0 atom stereocenters. The van der Waals surface area contributed by atoms with Crippen molar-refractivity contribution >= 4 is 17.4 Å². The Morgan fingerprint density at radius 3 is 2.00 bits per heavy atom. The molecule has 0 heterocycles. The molecule has 0 aliphatic heterocycles. The van der Waals surface area contributed by atoms with Crippen molar-refractivity contribution in [1.29, 1.82) is 0 Å². The predicted molar refractivity (Wildman–Crippen MR) is 49.5 cm³/mol. The molecule has 0 saturated heterocycles. The zero-order valence-corrected chi connectivity index (χ0v) is 7.80. The van der Waals surface area contributed by atoms with E-state index in [0.717, 1.165) is 0 Å². The van der Waals surface area contributed by atoms with Crippen molar-refractivity contribution < 1.29 is 9.90 Å². The largest absolute Gasteiger partial charge is 0.506 e. The summed E-state index contributed by atoms with van der Waals surface area (Å²) in [6, 6.07) is 6.67. The quantitative estimate of drug-likeness (QED) is 0.677. The third-order valence-electron chi connectivity index (χ3n) is 0.852. The van der Waals surface area contributed by atoms with Crippen LogP contribution >= 0.6 is 11.6 Å². The van der Waals surface area contributed by atoms with E-state index in [2.05, 4.69) is 0 Å². The molecule has 1 aromatic carbocycles. The van der Waals surface area contributed by atoms with Crippen LogP contribution in [0.1, 0.15) is 13.8 Å². The molecule has 0 spiro atoms. The van der Waals surface area contributed by atoms with Gasteiger partial charge in [-0.2, -0.15) is 0 Å². The van der Waals surface area contributed by atoms with Crippen molar-refractivity contribution in [3.8, 4) is 5.75 Å². The zero-order valence-electron chi connectivity index (χ0n) is 7.04. The second-order valence-corrected chi connectivity index (χ2v) is 2.77. The lowest BCUT2D eigenvalue weighted by Gasteiger charge is -1.89. The Morgan fingerprint density at radius 1 is 1.33 bits per heavy atom. The molecule has 0 aliphatic carbocycles. The molecular formula is C9H11ClO2. The van der Waals surface area contributed by atoms with Gasteiger partial charge in [0, 0.05) is 0 Å². The van der Waals surface area contributed by atoms with Gasteiger partial charge in [0.25, 0.3) is 0 Å². The van der Waals surface area contributed by atoms with Gasteiger partial charge in [-0.3, -0.25) is 0 Å². The Morgan fingerprint density at radius 2 is 1.75 bits per heavy atom.